The maximum Gasteiger partial charge on any atom is 0.417 e. The predicted octanol–water partition coefficient (Wildman–Crippen LogP) is 2.20. The van der Waals surface area contributed by atoms with Gasteiger partial charge < -0.3 is 19.8 Å². The van der Waals surface area contributed by atoms with Crippen LogP contribution in [0.15, 0.2) is 23.4 Å². The van der Waals surface area contributed by atoms with Crippen LogP contribution >= 0.6 is 0 Å². The Kier molecular flexibility index (Phi) is 5.20. The van der Waals surface area contributed by atoms with Gasteiger partial charge in [-0.15, -0.1) is 0 Å². The van der Waals surface area contributed by atoms with Crippen LogP contribution in [0.5, 0.6) is 11.5 Å². The van der Waals surface area contributed by atoms with Crippen molar-refractivity contribution >= 4 is 5.71 Å². The van der Waals surface area contributed by atoms with Crippen LogP contribution in [0.4, 0.5) is 13.2 Å². The summed E-state index contributed by atoms with van der Waals surface area (Å²) in [4.78, 5) is 0. The third-order valence-electron chi connectivity index (χ3n) is 2.51. The quantitative estimate of drug-likeness (QED) is 0.496. The minimum Gasteiger partial charge on any atom is -0.493 e. The summed E-state index contributed by atoms with van der Waals surface area (Å²) < 4.78 is 46.3. The molecule has 0 fully saturated rings. The van der Waals surface area contributed by atoms with Crippen LogP contribution in [0.2, 0.25) is 0 Å². The van der Waals surface area contributed by atoms with Crippen LogP contribution < -0.4 is 9.47 Å². The number of aliphatic hydroxyl groups excluding tert-OH is 1. The van der Waals surface area contributed by atoms with Crippen molar-refractivity contribution in [2.45, 2.75) is 19.2 Å². The van der Waals surface area contributed by atoms with Gasteiger partial charge in [-0.2, -0.15) is 13.2 Å². The first-order valence-electron chi connectivity index (χ1n) is 5.54. The van der Waals surface area contributed by atoms with Gasteiger partial charge in [0.15, 0.2) is 17.6 Å². The monoisotopic (exact) mass is 293 g/mol. The van der Waals surface area contributed by atoms with E-state index in [0.717, 1.165) is 0 Å². The normalized spacial score (nSPS) is 14.0. The van der Waals surface area contributed by atoms with Crippen LogP contribution in [-0.2, 0) is 0 Å². The second-order valence-electron chi connectivity index (χ2n) is 3.92. The molecule has 0 radical (unpaired) electrons. The van der Waals surface area contributed by atoms with Crippen LogP contribution in [0, 0.1) is 0 Å². The lowest BCUT2D eigenvalue weighted by molar-refractivity contribution is -0.210. The first-order valence-corrected chi connectivity index (χ1v) is 5.54. The molecule has 0 amide bonds. The molecule has 1 aromatic carbocycles. The smallest absolute Gasteiger partial charge is 0.417 e. The molecule has 0 aliphatic rings. The molecule has 0 saturated heterocycles. The van der Waals surface area contributed by atoms with Crippen LogP contribution in [-0.4, -0.2) is 42.0 Å². The van der Waals surface area contributed by atoms with Gasteiger partial charge in [0.1, 0.15) is 6.61 Å². The number of aliphatic hydroxyl groups is 1. The Labute approximate surface area is 113 Å². The molecule has 20 heavy (non-hydrogen) atoms. The summed E-state index contributed by atoms with van der Waals surface area (Å²) in [6.45, 7) is 0.606. The zero-order chi connectivity index (χ0) is 15.3. The van der Waals surface area contributed by atoms with E-state index < -0.39 is 18.9 Å². The Morgan fingerprint density at radius 3 is 2.50 bits per heavy atom. The number of methoxy groups -OCH3 is 1. The first kappa shape index (κ1) is 16.1. The predicted molar refractivity (Wildman–Crippen MR) is 64.5 cm³/mol. The molecule has 1 aromatic rings. The number of nitrogens with zero attached hydrogens (tertiary/aromatic N) is 1. The number of oxime groups is 1. The van der Waals surface area contributed by atoms with E-state index in [-0.39, 0.29) is 11.5 Å². The van der Waals surface area contributed by atoms with Gasteiger partial charge in [0, 0.05) is 5.56 Å². The van der Waals surface area contributed by atoms with E-state index in [9.17, 15) is 13.2 Å². The number of ether oxygens (including phenoxy) is 2. The lowest BCUT2D eigenvalue weighted by atomic mass is 10.1. The van der Waals surface area contributed by atoms with E-state index in [1.807, 2.05) is 0 Å². The molecular weight excluding hydrogens is 279 g/mol. The SMILES string of the molecule is COc1cc(C(C)=NO)ccc1OCC(O)C(F)(F)F. The van der Waals surface area contributed by atoms with Gasteiger partial charge in [0.2, 0.25) is 0 Å². The van der Waals surface area contributed by atoms with E-state index in [1.165, 1.54) is 25.3 Å². The van der Waals surface area contributed by atoms with Crippen LogP contribution in [0.1, 0.15) is 12.5 Å². The van der Waals surface area contributed by atoms with Gasteiger partial charge in [-0.05, 0) is 25.1 Å². The Morgan fingerprint density at radius 2 is 2.00 bits per heavy atom. The highest BCUT2D eigenvalue weighted by atomic mass is 19.4. The molecule has 0 spiro atoms. The summed E-state index contributed by atoms with van der Waals surface area (Å²) in [6, 6.07) is 4.31. The topological polar surface area (TPSA) is 71.3 Å². The molecule has 0 heterocycles. The first-order chi connectivity index (χ1) is 9.29. The fourth-order valence-corrected chi connectivity index (χ4v) is 1.33. The van der Waals surface area contributed by atoms with Gasteiger partial charge in [0.25, 0.3) is 0 Å². The second kappa shape index (κ2) is 6.47. The van der Waals surface area contributed by atoms with Crippen LogP contribution in [0.3, 0.4) is 0 Å². The highest BCUT2D eigenvalue weighted by Gasteiger charge is 2.38. The molecule has 0 saturated carbocycles. The van der Waals surface area contributed by atoms with E-state index in [0.29, 0.717) is 11.3 Å². The summed E-state index contributed by atoms with van der Waals surface area (Å²) >= 11 is 0. The summed E-state index contributed by atoms with van der Waals surface area (Å²) in [5, 5.41) is 20.5. The minimum atomic E-state index is -4.74. The van der Waals surface area contributed by atoms with Gasteiger partial charge in [0.05, 0.1) is 12.8 Å². The van der Waals surface area contributed by atoms with Gasteiger partial charge in [-0.1, -0.05) is 5.16 Å². The Hall–Kier alpha value is -1.96. The summed E-state index contributed by atoms with van der Waals surface area (Å²) in [5.74, 6) is 0.213. The summed E-state index contributed by atoms with van der Waals surface area (Å²) in [6.07, 6.45) is -7.32. The second-order valence-corrected chi connectivity index (χ2v) is 3.92. The molecule has 0 aromatic heterocycles. The molecule has 0 aliphatic heterocycles. The summed E-state index contributed by atoms with van der Waals surface area (Å²) in [7, 11) is 1.32. The Morgan fingerprint density at radius 1 is 1.35 bits per heavy atom. The largest absolute Gasteiger partial charge is 0.493 e. The third kappa shape index (κ3) is 4.02. The highest BCUT2D eigenvalue weighted by Crippen LogP contribution is 2.29. The molecule has 8 heteroatoms. The molecule has 2 N–H and O–H groups in total. The minimum absolute atomic E-state index is 0.0466. The van der Waals surface area contributed by atoms with Crippen molar-refractivity contribution in [1.82, 2.24) is 0 Å². The van der Waals surface area contributed by atoms with Crippen molar-refractivity contribution in [2.75, 3.05) is 13.7 Å². The number of benzene rings is 1. The van der Waals surface area contributed by atoms with E-state index in [1.54, 1.807) is 6.92 Å². The zero-order valence-corrected chi connectivity index (χ0v) is 10.8. The lowest BCUT2D eigenvalue weighted by Crippen LogP contribution is -2.34. The van der Waals surface area contributed by atoms with E-state index in [4.69, 9.17) is 19.8 Å². The number of hydrogen-bond donors (Lipinski definition) is 2. The van der Waals surface area contributed by atoms with Crippen molar-refractivity contribution in [1.29, 1.82) is 0 Å². The highest BCUT2D eigenvalue weighted by molar-refractivity contribution is 5.98. The average Bonchev–Trinajstić information content (AvgIpc) is 2.42. The van der Waals surface area contributed by atoms with Gasteiger partial charge >= 0.3 is 6.18 Å². The Balaban J connectivity index is 2.86. The van der Waals surface area contributed by atoms with E-state index >= 15 is 0 Å². The molecule has 112 valence electrons. The number of rotatable bonds is 5. The Bertz CT molecular complexity index is 488. The maximum absolute atomic E-state index is 12.1. The maximum atomic E-state index is 12.1. The third-order valence-corrected chi connectivity index (χ3v) is 2.51. The number of alkyl halides is 3. The number of halogens is 3. The van der Waals surface area contributed by atoms with Gasteiger partial charge in [-0.25, -0.2) is 0 Å². The molecule has 0 bridgehead atoms. The fourth-order valence-electron chi connectivity index (χ4n) is 1.33. The van der Waals surface area contributed by atoms with Crippen molar-refractivity contribution in [3.05, 3.63) is 23.8 Å². The molecular formula is C12H14F3NO4. The summed E-state index contributed by atoms with van der Waals surface area (Å²) in [5.41, 5.74) is 0.832. The molecule has 1 rings (SSSR count). The van der Waals surface area contributed by atoms with Crippen molar-refractivity contribution in [3.8, 4) is 11.5 Å². The standard InChI is InChI=1S/C12H14F3NO4/c1-7(16-18)8-3-4-9(10(5-8)19-2)20-6-11(17)12(13,14)15/h3-5,11,17-18H,6H2,1-2H3. The molecule has 1 unspecified atom stereocenters. The fraction of sp³-hybridized carbons (Fsp3) is 0.417. The average molecular weight is 293 g/mol. The molecule has 1 atom stereocenters. The van der Waals surface area contributed by atoms with Crippen molar-refractivity contribution in [3.63, 3.8) is 0 Å². The van der Waals surface area contributed by atoms with Crippen molar-refractivity contribution in [2.24, 2.45) is 5.16 Å². The van der Waals surface area contributed by atoms with Crippen LogP contribution in [0.25, 0.3) is 0 Å². The van der Waals surface area contributed by atoms with E-state index in [2.05, 4.69) is 5.16 Å². The lowest BCUT2D eigenvalue weighted by Gasteiger charge is -2.17. The molecule has 5 nitrogen and oxygen atoms in total. The van der Waals surface area contributed by atoms with Gasteiger partial charge in [-0.3, -0.25) is 0 Å². The van der Waals surface area contributed by atoms with Crippen molar-refractivity contribution < 1.29 is 33.0 Å². The molecule has 0 aliphatic carbocycles. The number of hydrogen-bond acceptors (Lipinski definition) is 5. The zero-order valence-electron chi connectivity index (χ0n) is 10.8.